The van der Waals surface area contributed by atoms with Crippen molar-refractivity contribution in [3.05, 3.63) is 71.4 Å². The fourth-order valence-electron chi connectivity index (χ4n) is 3.29. The second-order valence-corrected chi connectivity index (χ2v) is 8.68. The van der Waals surface area contributed by atoms with Crippen molar-refractivity contribution in [2.75, 3.05) is 11.9 Å². The molecule has 2 aromatic rings. The summed E-state index contributed by atoms with van der Waals surface area (Å²) < 4.78 is 0. The summed E-state index contributed by atoms with van der Waals surface area (Å²) in [6, 6.07) is 17.4. The zero-order valence-electron chi connectivity index (χ0n) is 17.2. The molecule has 1 N–H and O–H groups in total. The first-order valence-electron chi connectivity index (χ1n) is 9.72. The van der Waals surface area contributed by atoms with Gasteiger partial charge in [0, 0.05) is 12.2 Å². The summed E-state index contributed by atoms with van der Waals surface area (Å²) in [5.41, 5.74) is 3.60. The molecule has 0 atom stereocenters. The van der Waals surface area contributed by atoms with E-state index in [1.54, 1.807) is 0 Å². The number of imide groups is 1. The third kappa shape index (κ3) is 4.01. The lowest BCUT2D eigenvalue weighted by Gasteiger charge is -2.19. The Morgan fingerprint density at radius 3 is 2.04 bits per heavy atom. The molecule has 0 aliphatic carbocycles. The van der Waals surface area contributed by atoms with E-state index in [1.807, 2.05) is 56.3 Å². The van der Waals surface area contributed by atoms with E-state index in [4.69, 9.17) is 0 Å². The van der Waals surface area contributed by atoms with Crippen molar-refractivity contribution in [3.63, 3.8) is 0 Å². The second-order valence-electron chi connectivity index (χ2n) is 8.68. The smallest absolute Gasteiger partial charge is 0.278 e. The van der Waals surface area contributed by atoms with Crippen LogP contribution in [0.15, 0.2) is 60.3 Å². The molecule has 4 heteroatoms. The molecule has 146 valence electrons. The first kappa shape index (κ1) is 19.9. The number of anilines is 1. The Bertz CT molecular complexity index is 904. The first-order valence-corrected chi connectivity index (χ1v) is 9.72. The average Bonchev–Trinajstić information content (AvgIpc) is 2.86. The van der Waals surface area contributed by atoms with Gasteiger partial charge in [-0.3, -0.25) is 14.5 Å². The molecular weight excluding hydrogens is 348 g/mol. The monoisotopic (exact) mass is 376 g/mol. The van der Waals surface area contributed by atoms with Crippen molar-refractivity contribution in [3.8, 4) is 0 Å². The van der Waals surface area contributed by atoms with Gasteiger partial charge in [0.05, 0.1) is 5.57 Å². The molecule has 0 bridgehead atoms. The summed E-state index contributed by atoms with van der Waals surface area (Å²) in [6.07, 6.45) is 0. The van der Waals surface area contributed by atoms with Crippen LogP contribution in [0.5, 0.6) is 0 Å². The van der Waals surface area contributed by atoms with Crippen LogP contribution < -0.4 is 5.32 Å². The maximum atomic E-state index is 13.1. The van der Waals surface area contributed by atoms with Gasteiger partial charge in [-0.15, -0.1) is 0 Å². The number of nitrogens with one attached hydrogen (secondary N) is 1. The highest BCUT2D eigenvalue weighted by atomic mass is 16.2. The van der Waals surface area contributed by atoms with Crippen molar-refractivity contribution in [2.45, 2.75) is 40.0 Å². The van der Waals surface area contributed by atoms with Crippen LogP contribution in [0.3, 0.4) is 0 Å². The summed E-state index contributed by atoms with van der Waals surface area (Å²) in [5, 5.41) is 3.22. The molecular formula is C24H28N2O2. The third-order valence-electron chi connectivity index (χ3n) is 4.80. The van der Waals surface area contributed by atoms with Gasteiger partial charge in [-0.1, -0.05) is 77.1 Å². The Morgan fingerprint density at radius 1 is 0.893 bits per heavy atom. The topological polar surface area (TPSA) is 49.4 Å². The lowest BCUT2D eigenvalue weighted by atomic mass is 9.87. The van der Waals surface area contributed by atoms with Crippen molar-refractivity contribution in [1.82, 2.24) is 4.90 Å². The van der Waals surface area contributed by atoms with Gasteiger partial charge in [0.25, 0.3) is 11.8 Å². The van der Waals surface area contributed by atoms with Crippen LogP contribution in [0.25, 0.3) is 5.57 Å². The molecule has 28 heavy (non-hydrogen) atoms. The van der Waals surface area contributed by atoms with E-state index in [0.29, 0.717) is 17.8 Å². The van der Waals surface area contributed by atoms with Crippen LogP contribution in [0, 0.1) is 5.92 Å². The standard InChI is InChI=1S/C24H28N2O2/c1-16(2)15-26-22(27)20(17-9-7-6-8-10-17)21(23(26)28)25-19-13-11-18(12-14-19)24(3,4)5/h6-14,16,25H,15H2,1-5H3. The Labute approximate surface area is 167 Å². The highest BCUT2D eigenvalue weighted by molar-refractivity contribution is 6.36. The molecule has 0 saturated carbocycles. The third-order valence-corrected chi connectivity index (χ3v) is 4.80. The lowest BCUT2D eigenvalue weighted by Crippen LogP contribution is -2.35. The van der Waals surface area contributed by atoms with Gasteiger partial charge < -0.3 is 5.32 Å². The lowest BCUT2D eigenvalue weighted by molar-refractivity contribution is -0.137. The number of nitrogens with zero attached hydrogens (tertiary/aromatic N) is 1. The Balaban J connectivity index is 1.99. The van der Waals surface area contributed by atoms with Gasteiger partial charge in [0.2, 0.25) is 0 Å². The second kappa shape index (κ2) is 7.63. The molecule has 0 saturated heterocycles. The molecule has 0 aromatic heterocycles. The van der Waals surface area contributed by atoms with E-state index in [2.05, 4.69) is 38.2 Å². The van der Waals surface area contributed by atoms with Crippen LogP contribution >= 0.6 is 0 Å². The van der Waals surface area contributed by atoms with Gasteiger partial charge in [0.15, 0.2) is 0 Å². The number of hydrogen-bond acceptors (Lipinski definition) is 3. The fourth-order valence-corrected chi connectivity index (χ4v) is 3.29. The van der Waals surface area contributed by atoms with Crippen molar-refractivity contribution < 1.29 is 9.59 Å². The Hall–Kier alpha value is -2.88. The largest absolute Gasteiger partial charge is 0.350 e. The van der Waals surface area contributed by atoms with Gasteiger partial charge >= 0.3 is 0 Å². The van der Waals surface area contributed by atoms with E-state index in [0.717, 1.165) is 11.3 Å². The molecule has 1 heterocycles. The molecule has 1 aliphatic heterocycles. The highest BCUT2D eigenvalue weighted by Gasteiger charge is 2.39. The molecule has 2 aromatic carbocycles. The van der Waals surface area contributed by atoms with Crippen LogP contribution in [0.2, 0.25) is 0 Å². The van der Waals surface area contributed by atoms with Gasteiger partial charge in [-0.05, 0) is 34.6 Å². The first-order chi connectivity index (χ1) is 13.2. The minimum absolute atomic E-state index is 0.0558. The number of carbonyl (C=O) groups excluding carboxylic acids is 2. The predicted molar refractivity (Wildman–Crippen MR) is 114 cm³/mol. The quantitative estimate of drug-likeness (QED) is 0.760. The summed E-state index contributed by atoms with van der Waals surface area (Å²) in [6.45, 7) is 10.9. The fraction of sp³-hybridized carbons (Fsp3) is 0.333. The van der Waals surface area contributed by atoms with Crippen molar-refractivity contribution in [1.29, 1.82) is 0 Å². The highest BCUT2D eigenvalue weighted by Crippen LogP contribution is 2.31. The summed E-state index contributed by atoms with van der Waals surface area (Å²) in [7, 11) is 0. The van der Waals surface area contributed by atoms with Crippen LogP contribution in [-0.2, 0) is 15.0 Å². The SMILES string of the molecule is CC(C)CN1C(=O)C(Nc2ccc(C(C)(C)C)cc2)=C(c2ccccc2)C1=O. The molecule has 0 radical (unpaired) electrons. The number of rotatable bonds is 5. The zero-order valence-corrected chi connectivity index (χ0v) is 17.2. The van der Waals surface area contributed by atoms with E-state index in [9.17, 15) is 9.59 Å². The zero-order chi connectivity index (χ0) is 20.5. The minimum atomic E-state index is -0.266. The van der Waals surface area contributed by atoms with Gasteiger partial charge in [-0.2, -0.15) is 0 Å². The number of carbonyl (C=O) groups is 2. The molecule has 0 spiro atoms. The van der Waals surface area contributed by atoms with E-state index in [-0.39, 0.29) is 23.1 Å². The predicted octanol–water partition coefficient (Wildman–Crippen LogP) is 4.83. The molecule has 0 unspecified atom stereocenters. The number of amides is 2. The van der Waals surface area contributed by atoms with E-state index < -0.39 is 0 Å². The van der Waals surface area contributed by atoms with E-state index in [1.165, 1.54) is 10.5 Å². The van der Waals surface area contributed by atoms with E-state index >= 15 is 0 Å². The van der Waals surface area contributed by atoms with Gasteiger partial charge in [0.1, 0.15) is 5.70 Å². The summed E-state index contributed by atoms with van der Waals surface area (Å²) >= 11 is 0. The number of benzene rings is 2. The summed E-state index contributed by atoms with van der Waals surface area (Å²) in [4.78, 5) is 27.4. The minimum Gasteiger partial charge on any atom is -0.350 e. The maximum Gasteiger partial charge on any atom is 0.278 e. The Morgan fingerprint density at radius 2 is 1.50 bits per heavy atom. The molecule has 1 aliphatic rings. The molecule has 3 rings (SSSR count). The van der Waals surface area contributed by atoms with Crippen molar-refractivity contribution in [2.24, 2.45) is 5.92 Å². The van der Waals surface area contributed by atoms with Crippen LogP contribution in [-0.4, -0.2) is 23.3 Å². The molecule has 4 nitrogen and oxygen atoms in total. The van der Waals surface area contributed by atoms with Gasteiger partial charge in [-0.25, -0.2) is 0 Å². The normalized spacial score (nSPS) is 15.0. The van der Waals surface area contributed by atoms with Crippen LogP contribution in [0.4, 0.5) is 5.69 Å². The number of hydrogen-bond donors (Lipinski definition) is 1. The van der Waals surface area contributed by atoms with Crippen LogP contribution in [0.1, 0.15) is 45.7 Å². The van der Waals surface area contributed by atoms with Crippen molar-refractivity contribution >= 4 is 23.1 Å². The molecule has 0 fully saturated rings. The average molecular weight is 377 g/mol. The summed E-state index contributed by atoms with van der Waals surface area (Å²) in [5.74, 6) is -0.300. The maximum absolute atomic E-state index is 13.1. The Kier molecular flexibility index (Phi) is 5.41. The molecule has 2 amide bonds.